The Morgan fingerprint density at radius 1 is 1.09 bits per heavy atom. The molecule has 34 heavy (non-hydrogen) atoms. The second-order valence-electron chi connectivity index (χ2n) is 9.28. The third kappa shape index (κ3) is 5.73. The number of likely N-dealkylation sites (tertiary alicyclic amines) is 1. The maximum absolute atomic E-state index is 13.3. The van der Waals surface area contributed by atoms with E-state index in [1.807, 2.05) is 42.0 Å². The molecule has 2 aliphatic heterocycles. The first-order valence-electron chi connectivity index (χ1n) is 12.1. The highest BCUT2D eigenvalue weighted by Gasteiger charge is 2.36. The molecular formula is C25H34ClN5O3. The second-order valence-corrected chi connectivity index (χ2v) is 9.72. The van der Waals surface area contributed by atoms with Crippen molar-refractivity contribution in [2.24, 2.45) is 5.92 Å². The smallest absolute Gasteiger partial charge is 0.257 e. The maximum atomic E-state index is 13.3. The number of aromatic nitrogens is 2. The largest absolute Gasteiger partial charge is 0.490 e. The maximum Gasteiger partial charge on any atom is 0.257 e. The first-order chi connectivity index (χ1) is 16.3. The molecule has 2 aromatic rings. The number of carbonyl (C=O) groups excluding carboxylic acids is 2. The van der Waals surface area contributed by atoms with Crippen LogP contribution in [0.1, 0.15) is 35.8 Å². The fourth-order valence-corrected chi connectivity index (χ4v) is 4.83. The van der Waals surface area contributed by atoms with E-state index in [0.717, 1.165) is 37.6 Å². The number of piperidine rings is 1. The summed E-state index contributed by atoms with van der Waals surface area (Å²) in [5.74, 6) is 0.736. The molecule has 0 radical (unpaired) electrons. The summed E-state index contributed by atoms with van der Waals surface area (Å²) in [6, 6.07) is 7.30. The van der Waals surface area contributed by atoms with E-state index in [4.69, 9.17) is 16.3 Å². The van der Waals surface area contributed by atoms with Gasteiger partial charge in [-0.3, -0.25) is 14.3 Å². The van der Waals surface area contributed by atoms with Gasteiger partial charge in [-0.1, -0.05) is 11.6 Å². The lowest BCUT2D eigenvalue weighted by Gasteiger charge is -2.40. The third-order valence-electron chi connectivity index (χ3n) is 6.85. The Morgan fingerprint density at radius 3 is 2.44 bits per heavy atom. The summed E-state index contributed by atoms with van der Waals surface area (Å²) in [6.07, 6.45) is 2.69. The summed E-state index contributed by atoms with van der Waals surface area (Å²) < 4.78 is 8.10. The Kier molecular flexibility index (Phi) is 7.78. The number of likely N-dealkylation sites (N-methyl/N-ethyl adjacent to an activating group) is 1. The van der Waals surface area contributed by atoms with E-state index in [1.54, 1.807) is 16.8 Å². The van der Waals surface area contributed by atoms with Crippen LogP contribution in [0.15, 0.2) is 30.5 Å². The van der Waals surface area contributed by atoms with Gasteiger partial charge in [0.15, 0.2) is 0 Å². The number of rotatable bonds is 6. The fraction of sp³-hybridized carbons (Fsp3) is 0.560. The first kappa shape index (κ1) is 24.5. The zero-order valence-corrected chi connectivity index (χ0v) is 21.0. The van der Waals surface area contributed by atoms with Gasteiger partial charge in [0.1, 0.15) is 11.9 Å². The number of hydrogen-bond donors (Lipinski definition) is 0. The van der Waals surface area contributed by atoms with Crippen molar-refractivity contribution in [2.45, 2.75) is 39.3 Å². The van der Waals surface area contributed by atoms with Gasteiger partial charge in [-0.05, 0) is 45.2 Å². The molecule has 2 aliphatic rings. The number of carbonyl (C=O) groups is 2. The molecule has 2 saturated heterocycles. The van der Waals surface area contributed by atoms with E-state index in [9.17, 15) is 9.59 Å². The van der Waals surface area contributed by atoms with E-state index in [2.05, 4.69) is 17.0 Å². The van der Waals surface area contributed by atoms with Crippen molar-refractivity contribution in [3.63, 3.8) is 0 Å². The lowest BCUT2D eigenvalue weighted by Crippen LogP contribution is -2.51. The SMILES string of the molecule is CCn1cc(C(=O)N2CC[C@H](Oc3ccc(Cl)cc3)[C@@H](CC(=O)N3CCN(C)CC3)C2)c(C)n1. The highest BCUT2D eigenvalue weighted by atomic mass is 35.5. The molecule has 2 fully saturated rings. The van der Waals surface area contributed by atoms with Gasteiger partial charge in [0.05, 0.1) is 11.3 Å². The summed E-state index contributed by atoms with van der Waals surface area (Å²) >= 11 is 6.03. The number of halogens is 1. The van der Waals surface area contributed by atoms with E-state index in [0.29, 0.717) is 43.1 Å². The van der Waals surface area contributed by atoms with E-state index < -0.39 is 0 Å². The molecule has 0 N–H and O–H groups in total. The molecule has 2 atom stereocenters. The molecule has 0 saturated carbocycles. The van der Waals surface area contributed by atoms with Crippen LogP contribution < -0.4 is 4.74 Å². The number of nitrogens with zero attached hydrogens (tertiary/aromatic N) is 5. The lowest BCUT2D eigenvalue weighted by molar-refractivity contribution is -0.135. The van der Waals surface area contributed by atoms with Gasteiger partial charge in [0.2, 0.25) is 5.91 Å². The molecule has 4 rings (SSSR count). The monoisotopic (exact) mass is 487 g/mol. The topological polar surface area (TPSA) is 70.9 Å². The first-order valence-corrected chi connectivity index (χ1v) is 12.4. The van der Waals surface area contributed by atoms with Crippen LogP contribution in [0.4, 0.5) is 0 Å². The molecule has 2 amide bonds. The lowest BCUT2D eigenvalue weighted by atomic mass is 9.90. The molecule has 0 aliphatic carbocycles. The summed E-state index contributed by atoms with van der Waals surface area (Å²) in [7, 11) is 2.07. The predicted molar refractivity (Wildman–Crippen MR) is 131 cm³/mol. The Labute approximate surface area is 206 Å². The van der Waals surface area contributed by atoms with Crippen LogP contribution >= 0.6 is 11.6 Å². The molecular weight excluding hydrogens is 454 g/mol. The van der Waals surface area contributed by atoms with Crippen molar-refractivity contribution in [2.75, 3.05) is 46.3 Å². The zero-order valence-electron chi connectivity index (χ0n) is 20.2. The molecule has 1 aromatic heterocycles. The highest BCUT2D eigenvalue weighted by Crippen LogP contribution is 2.28. The molecule has 1 aromatic carbocycles. The molecule has 184 valence electrons. The van der Waals surface area contributed by atoms with Gasteiger partial charge in [0, 0.05) is 75.8 Å². The van der Waals surface area contributed by atoms with Crippen molar-refractivity contribution in [1.82, 2.24) is 24.5 Å². The number of ether oxygens (including phenoxy) is 1. The number of hydrogen-bond acceptors (Lipinski definition) is 5. The minimum atomic E-state index is -0.152. The Balaban J connectivity index is 1.49. The molecule has 9 heteroatoms. The average molecular weight is 488 g/mol. The molecule has 3 heterocycles. The minimum Gasteiger partial charge on any atom is -0.490 e. The Bertz CT molecular complexity index is 1000. The van der Waals surface area contributed by atoms with Gasteiger partial charge in [0.25, 0.3) is 5.91 Å². The van der Waals surface area contributed by atoms with Gasteiger partial charge < -0.3 is 19.4 Å². The zero-order chi connectivity index (χ0) is 24.2. The van der Waals surface area contributed by atoms with Gasteiger partial charge in [-0.15, -0.1) is 0 Å². The molecule has 0 spiro atoms. The third-order valence-corrected chi connectivity index (χ3v) is 7.10. The number of piperazine rings is 1. The highest BCUT2D eigenvalue weighted by molar-refractivity contribution is 6.30. The van der Waals surface area contributed by atoms with Crippen LogP contribution in [0.5, 0.6) is 5.75 Å². The standard InChI is InChI=1S/C25H34ClN5O3/c1-4-31-17-22(18(2)27-31)25(33)30-10-9-23(34-21-7-5-20(26)6-8-21)19(16-30)15-24(32)29-13-11-28(3)12-14-29/h5-8,17,19,23H,4,9-16H2,1-3H3/t19-,23-/m0/s1. The van der Waals surface area contributed by atoms with E-state index >= 15 is 0 Å². The molecule has 0 bridgehead atoms. The van der Waals surface area contributed by atoms with Crippen molar-refractivity contribution in [3.8, 4) is 5.75 Å². The fourth-order valence-electron chi connectivity index (χ4n) is 4.70. The van der Waals surface area contributed by atoms with Crippen molar-refractivity contribution in [3.05, 3.63) is 46.7 Å². The quantitative estimate of drug-likeness (QED) is 0.626. The molecule has 0 unspecified atom stereocenters. The van der Waals surface area contributed by atoms with Crippen molar-refractivity contribution < 1.29 is 14.3 Å². The predicted octanol–water partition coefficient (Wildman–Crippen LogP) is 2.94. The van der Waals surface area contributed by atoms with Crippen molar-refractivity contribution in [1.29, 1.82) is 0 Å². The number of amides is 2. The van der Waals surface area contributed by atoms with Crippen LogP contribution in [0.25, 0.3) is 0 Å². The number of benzene rings is 1. The van der Waals surface area contributed by atoms with Crippen molar-refractivity contribution >= 4 is 23.4 Å². The second kappa shape index (κ2) is 10.8. The summed E-state index contributed by atoms with van der Waals surface area (Å²) in [4.78, 5) is 32.5. The van der Waals surface area contributed by atoms with Gasteiger partial charge in [-0.25, -0.2) is 0 Å². The van der Waals surface area contributed by atoms with Gasteiger partial charge >= 0.3 is 0 Å². The van der Waals surface area contributed by atoms with Crippen LogP contribution in [0.2, 0.25) is 5.02 Å². The van der Waals surface area contributed by atoms with Crippen LogP contribution in [0, 0.1) is 12.8 Å². The average Bonchev–Trinajstić information content (AvgIpc) is 3.22. The van der Waals surface area contributed by atoms with E-state index in [1.165, 1.54) is 0 Å². The Morgan fingerprint density at radius 2 is 1.79 bits per heavy atom. The summed E-state index contributed by atoms with van der Waals surface area (Å²) in [5.41, 5.74) is 1.36. The normalized spacial score (nSPS) is 21.5. The summed E-state index contributed by atoms with van der Waals surface area (Å²) in [5, 5.41) is 5.08. The Hall–Kier alpha value is -2.58. The minimum absolute atomic E-state index is 0.0285. The van der Waals surface area contributed by atoms with E-state index in [-0.39, 0.29) is 23.8 Å². The van der Waals surface area contributed by atoms with Crippen LogP contribution in [-0.4, -0.2) is 88.7 Å². The van der Waals surface area contributed by atoms with Crippen LogP contribution in [-0.2, 0) is 11.3 Å². The molecule has 8 nitrogen and oxygen atoms in total. The number of aryl methyl sites for hydroxylation is 2. The van der Waals surface area contributed by atoms with Gasteiger partial charge in [-0.2, -0.15) is 5.10 Å². The summed E-state index contributed by atoms with van der Waals surface area (Å²) in [6.45, 7) is 8.88. The van der Waals surface area contributed by atoms with Crippen LogP contribution in [0.3, 0.4) is 0 Å².